The van der Waals surface area contributed by atoms with E-state index in [1.165, 1.54) is 6.07 Å². The maximum absolute atomic E-state index is 13.1. The van der Waals surface area contributed by atoms with Gasteiger partial charge in [-0.2, -0.15) is 13.2 Å². The van der Waals surface area contributed by atoms with Crippen LogP contribution in [-0.2, 0) is 25.5 Å². The number of rotatable bonds is 3. The minimum absolute atomic E-state index is 0.0380. The zero-order valence-electron chi connectivity index (χ0n) is 13.9. The average molecular weight is 392 g/mol. The summed E-state index contributed by atoms with van der Waals surface area (Å²) >= 11 is 0. The lowest BCUT2D eigenvalue weighted by Crippen LogP contribution is -2.37. The van der Waals surface area contributed by atoms with Gasteiger partial charge >= 0.3 is 6.18 Å². The fourth-order valence-electron chi connectivity index (χ4n) is 3.13. The molecule has 1 aromatic carbocycles. The van der Waals surface area contributed by atoms with E-state index in [4.69, 9.17) is 4.74 Å². The molecule has 0 radical (unpaired) electrons. The number of morpholine rings is 1. The fourth-order valence-corrected chi connectivity index (χ4v) is 4.87. The van der Waals surface area contributed by atoms with Crippen molar-refractivity contribution >= 4 is 27.1 Å². The Bertz CT molecular complexity index is 789. The van der Waals surface area contributed by atoms with E-state index in [0.717, 1.165) is 12.1 Å². The number of carbonyl (C=O) groups excluding carboxylic acids is 1. The normalized spacial score (nSPS) is 23.0. The van der Waals surface area contributed by atoms with Gasteiger partial charge in [-0.25, -0.2) is 8.42 Å². The summed E-state index contributed by atoms with van der Waals surface area (Å²) in [5.41, 5.74) is -0.365. The summed E-state index contributed by atoms with van der Waals surface area (Å²) in [6.07, 6.45) is -4.36. The molecule has 144 valence electrons. The van der Waals surface area contributed by atoms with Crippen molar-refractivity contribution < 1.29 is 31.1 Å². The smallest absolute Gasteiger partial charge is 0.378 e. The van der Waals surface area contributed by atoms with E-state index >= 15 is 0 Å². The number of sulfone groups is 1. The number of hydrogen-bond acceptors (Lipinski definition) is 5. The Morgan fingerprint density at radius 2 is 1.92 bits per heavy atom. The summed E-state index contributed by atoms with van der Waals surface area (Å²) in [6, 6.07) is 3.20. The first-order valence-electron chi connectivity index (χ1n) is 8.21. The van der Waals surface area contributed by atoms with Gasteiger partial charge in [0.15, 0.2) is 9.84 Å². The van der Waals surface area contributed by atoms with E-state index in [1.807, 2.05) is 4.90 Å². The Hall–Kier alpha value is -1.81. The van der Waals surface area contributed by atoms with Crippen LogP contribution >= 0.6 is 0 Å². The summed E-state index contributed by atoms with van der Waals surface area (Å²) in [5, 5.41) is 2.51. The van der Waals surface area contributed by atoms with Crippen LogP contribution in [0.3, 0.4) is 0 Å². The van der Waals surface area contributed by atoms with Gasteiger partial charge in [-0.05, 0) is 24.6 Å². The van der Waals surface area contributed by atoms with Crippen molar-refractivity contribution in [1.29, 1.82) is 0 Å². The Balaban J connectivity index is 1.87. The van der Waals surface area contributed by atoms with Crippen LogP contribution in [0.25, 0.3) is 0 Å². The second kappa shape index (κ2) is 7.07. The van der Waals surface area contributed by atoms with Crippen LogP contribution in [0.1, 0.15) is 12.0 Å². The Morgan fingerprint density at radius 3 is 2.50 bits per heavy atom. The quantitative estimate of drug-likeness (QED) is 0.851. The van der Waals surface area contributed by atoms with Gasteiger partial charge in [-0.15, -0.1) is 0 Å². The molecular weight excluding hydrogens is 373 g/mol. The molecule has 1 N–H and O–H groups in total. The first kappa shape index (κ1) is 19.0. The molecule has 3 rings (SSSR count). The number of amides is 1. The van der Waals surface area contributed by atoms with Crippen LogP contribution in [0, 0.1) is 5.92 Å². The standard InChI is InChI=1S/C16H19F3N2O4S/c17-16(18,19)12-1-2-14(21-4-6-25-7-5-21)13(9-12)20-15(22)11-3-8-26(23,24)10-11/h1-2,9,11H,3-8,10H2,(H,20,22)/t11-/m0/s1. The minimum atomic E-state index is -4.54. The maximum Gasteiger partial charge on any atom is 0.416 e. The monoisotopic (exact) mass is 392 g/mol. The van der Waals surface area contributed by atoms with E-state index in [-0.39, 0.29) is 23.6 Å². The Labute approximate surface area is 149 Å². The van der Waals surface area contributed by atoms with Crippen LogP contribution in [0.5, 0.6) is 0 Å². The SMILES string of the molecule is O=C(Nc1cc(C(F)(F)F)ccc1N1CCOCC1)[C@H]1CCS(=O)(=O)C1. The molecule has 2 aliphatic heterocycles. The number of hydrogen-bond donors (Lipinski definition) is 1. The number of nitrogens with zero attached hydrogens (tertiary/aromatic N) is 1. The number of halogens is 3. The zero-order valence-corrected chi connectivity index (χ0v) is 14.7. The van der Waals surface area contributed by atoms with Gasteiger partial charge in [0.25, 0.3) is 0 Å². The number of carbonyl (C=O) groups is 1. The average Bonchev–Trinajstić information content (AvgIpc) is 2.95. The third-order valence-electron chi connectivity index (χ3n) is 4.54. The summed E-state index contributed by atoms with van der Waals surface area (Å²) in [6.45, 7) is 1.86. The van der Waals surface area contributed by atoms with Crippen molar-refractivity contribution in [2.75, 3.05) is 48.0 Å². The van der Waals surface area contributed by atoms with Crippen LogP contribution in [0.4, 0.5) is 24.5 Å². The van der Waals surface area contributed by atoms with E-state index in [0.29, 0.717) is 32.0 Å². The Kier molecular flexibility index (Phi) is 5.16. The van der Waals surface area contributed by atoms with Gasteiger partial charge in [-0.1, -0.05) is 0 Å². The van der Waals surface area contributed by atoms with Crippen molar-refractivity contribution in [2.24, 2.45) is 5.92 Å². The topological polar surface area (TPSA) is 75.7 Å². The highest BCUT2D eigenvalue weighted by atomic mass is 32.2. The molecule has 0 saturated carbocycles. The van der Waals surface area contributed by atoms with E-state index in [2.05, 4.69) is 5.32 Å². The third kappa shape index (κ3) is 4.29. The first-order chi connectivity index (χ1) is 12.2. The lowest BCUT2D eigenvalue weighted by Gasteiger charge is -2.31. The molecule has 2 saturated heterocycles. The molecule has 1 atom stereocenters. The highest BCUT2D eigenvalue weighted by Gasteiger charge is 2.35. The number of benzene rings is 1. The van der Waals surface area contributed by atoms with E-state index < -0.39 is 33.4 Å². The van der Waals surface area contributed by atoms with Crippen LogP contribution < -0.4 is 10.2 Å². The molecule has 10 heteroatoms. The zero-order chi connectivity index (χ0) is 18.9. The summed E-state index contributed by atoms with van der Waals surface area (Å²) in [7, 11) is -3.26. The predicted molar refractivity (Wildman–Crippen MR) is 89.9 cm³/mol. The van der Waals surface area contributed by atoms with E-state index in [9.17, 15) is 26.4 Å². The van der Waals surface area contributed by atoms with Gasteiger partial charge in [0.1, 0.15) is 0 Å². The molecule has 0 aliphatic carbocycles. The second-order valence-electron chi connectivity index (χ2n) is 6.42. The van der Waals surface area contributed by atoms with Crippen LogP contribution in [0.2, 0.25) is 0 Å². The second-order valence-corrected chi connectivity index (χ2v) is 8.65. The molecule has 2 heterocycles. The summed E-state index contributed by atoms with van der Waals surface area (Å²) < 4.78 is 67.5. The minimum Gasteiger partial charge on any atom is -0.378 e. The van der Waals surface area contributed by atoms with Gasteiger partial charge in [-0.3, -0.25) is 4.79 Å². The largest absolute Gasteiger partial charge is 0.416 e. The number of alkyl halides is 3. The fraction of sp³-hybridized carbons (Fsp3) is 0.562. The Morgan fingerprint density at radius 1 is 1.23 bits per heavy atom. The highest BCUT2D eigenvalue weighted by molar-refractivity contribution is 7.91. The van der Waals surface area contributed by atoms with E-state index in [1.54, 1.807) is 0 Å². The number of nitrogens with one attached hydrogen (secondary N) is 1. The van der Waals surface area contributed by atoms with Gasteiger partial charge in [0.2, 0.25) is 5.91 Å². The predicted octanol–water partition coefficient (Wildman–Crippen LogP) is 1.92. The molecule has 0 bridgehead atoms. The van der Waals surface area contributed by atoms with Crippen LogP contribution in [-0.4, -0.2) is 52.1 Å². The lowest BCUT2D eigenvalue weighted by molar-refractivity contribution is -0.137. The summed E-state index contributed by atoms with van der Waals surface area (Å²) in [5.74, 6) is -1.67. The van der Waals surface area contributed by atoms with Gasteiger partial charge < -0.3 is 15.0 Å². The first-order valence-corrected chi connectivity index (χ1v) is 10.0. The molecule has 2 fully saturated rings. The molecule has 2 aliphatic rings. The van der Waals surface area contributed by atoms with Gasteiger partial charge in [0.05, 0.1) is 47.6 Å². The highest BCUT2D eigenvalue weighted by Crippen LogP contribution is 2.36. The van der Waals surface area contributed by atoms with Crippen LogP contribution in [0.15, 0.2) is 18.2 Å². The number of anilines is 2. The number of ether oxygens (including phenoxy) is 1. The van der Waals surface area contributed by atoms with Crippen molar-refractivity contribution in [3.05, 3.63) is 23.8 Å². The molecule has 0 unspecified atom stereocenters. The van der Waals surface area contributed by atoms with Crippen molar-refractivity contribution in [3.8, 4) is 0 Å². The molecule has 6 nitrogen and oxygen atoms in total. The summed E-state index contributed by atoms with van der Waals surface area (Å²) in [4.78, 5) is 14.2. The molecular formula is C16H19F3N2O4S. The van der Waals surface area contributed by atoms with Gasteiger partial charge in [0, 0.05) is 13.1 Å². The maximum atomic E-state index is 13.1. The van der Waals surface area contributed by atoms with Crippen molar-refractivity contribution in [3.63, 3.8) is 0 Å². The molecule has 26 heavy (non-hydrogen) atoms. The molecule has 1 amide bonds. The molecule has 1 aromatic rings. The molecule has 0 aromatic heterocycles. The molecule has 0 spiro atoms. The van der Waals surface area contributed by atoms with Crippen molar-refractivity contribution in [2.45, 2.75) is 12.6 Å². The van der Waals surface area contributed by atoms with Crippen molar-refractivity contribution in [1.82, 2.24) is 0 Å². The lowest BCUT2D eigenvalue weighted by atomic mass is 10.1. The third-order valence-corrected chi connectivity index (χ3v) is 6.30.